The maximum atomic E-state index is 12.2. The maximum Gasteiger partial charge on any atom is 0.341 e. The summed E-state index contributed by atoms with van der Waals surface area (Å²) in [6.07, 6.45) is 2.78. The molecule has 0 spiro atoms. The van der Waals surface area contributed by atoms with Gasteiger partial charge in [-0.15, -0.1) is 12.4 Å². The van der Waals surface area contributed by atoms with Crippen molar-refractivity contribution in [3.63, 3.8) is 0 Å². The van der Waals surface area contributed by atoms with Crippen molar-refractivity contribution in [2.45, 2.75) is 13.5 Å². The summed E-state index contributed by atoms with van der Waals surface area (Å²) in [6.45, 7) is 5.72. The summed E-state index contributed by atoms with van der Waals surface area (Å²) in [5, 5.41) is 12.6. The minimum Gasteiger partial charge on any atom is -0.477 e. The van der Waals surface area contributed by atoms with Gasteiger partial charge in [0, 0.05) is 45.1 Å². The van der Waals surface area contributed by atoms with E-state index in [1.165, 1.54) is 12.4 Å². The molecule has 0 atom stereocenters. The average molecular weight is 340 g/mol. The first-order chi connectivity index (χ1) is 10.6. The van der Waals surface area contributed by atoms with Crippen molar-refractivity contribution < 1.29 is 9.90 Å². The Kier molecular flexibility index (Phi) is 5.17. The second-order valence-electron chi connectivity index (χ2n) is 5.11. The van der Waals surface area contributed by atoms with Crippen molar-refractivity contribution in [1.29, 1.82) is 0 Å². The molecule has 0 unspecified atom stereocenters. The SMILES string of the molecule is CCn1cc(C(=O)O)c(=O)c2cnc(N3CCNCC3)nc21.Cl. The van der Waals surface area contributed by atoms with Gasteiger partial charge in [0.25, 0.3) is 0 Å². The lowest BCUT2D eigenvalue weighted by Crippen LogP contribution is -2.44. The molecule has 0 saturated carbocycles. The van der Waals surface area contributed by atoms with Gasteiger partial charge in [-0.1, -0.05) is 0 Å². The first-order valence-electron chi connectivity index (χ1n) is 7.21. The number of nitrogens with zero attached hydrogens (tertiary/aromatic N) is 4. The van der Waals surface area contributed by atoms with Crippen LogP contribution in [-0.4, -0.2) is 51.8 Å². The quantitative estimate of drug-likeness (QED) is 0.831. The first kappa shape index (κ1) is 17.2. The number of hydrogen-bond acceptors (Lipinski definition) is 6. The summed E-state index contributed by atoms with van der Waals surface area (Å²) in [4.78, 5) is 34.2. The maximum absolute atomic E-state index is 12.2. The van der Waals surface area contributed by atoms with E-state index in [1.54, 1.807) is 4.57 Å². The number of carboxylic acid groups (broad SMARTS) is 1. The van der Waals surface area contributed by atoms with Crippen LogP contribution >= 0.6 is 12.4 Å². The number of rotatable bonds is 3. The van der Waals surface area contributed by atoms with Crippen molar-refractivity contribution >= 4 is 35.4 Å². The van der Waals surface area contributed by atoms with E-state index in [0.29, 0.717) is 18.1 Å². The van der Waals surface area contributed by atoms with Crippen molar-refractivity contribution in [2.24, 2.45) is 0 Å². The van der Waals surface area contributed by atoms with E-state index in [0.717, 1.165) is 26.2 Å². The molecule has 0 radical (unpaired) electrons. The van der Waals surface area contributed by atoms with Gasteiger partial charge in [-0.2, -0.15) is 4.98 Å². The zero-order valence-electron chi connectivity index (χ0n) is 12.7. The van der Waals surface area contributed by atoms with Gasteiger partial charge in [-0.3, -0.25) is 4.79 Å². The second kappa shape index (κ2) is 6.93. The van der Waals surface area contributed by atoms with E-state index in [9.17, 15) is 9.59 Å². The minimum atomic E-state index is -1.24. The monoisotopic (exact) mass is 339 g/mol. The molecule has 2 aromatic heterocycles. The number of hydrogen-bond donors (Lipinski definition) is 2. The molecule has 124 valence electrons. The van der Waals surface area contributed by atoms with Crippen molar-refractivity contribution in [1.82, 2.24) is 19.9 Å². The average Bonchev–Trinajstić information content (AvgIpc) is 2.55. The third-order valence-electron chi connectivity index (χ3n) is 3.77. The van der Waals surface area contributed by atoms with Gasteiger partial charge in [-0.25, -0.2) is 9.78 Å². The summed E-state index contributed by atoms with van der Waals surface area (Å²) < 4.78 is 1.67. The molecule has 1 aliphatic heterocycles. The van der Waals surface area contributed by atoms with E-state index in [-0.39, 0.29) is 23.4 Å². The number of aromatic nitrogens is 3. The van der Waals surface area contributed by atoms with E-state index < -0.39 is 11.4 Å². The molecule has 2 aromatic rings. The molecule has 9 heteroatoms. The standard InChI is InChI=1S/C14H17N5O3.ClH/c1-2-18-8-10(13(21)22)11(20)9-7-16-14(17-12(9)18)19-5-3-15-4-6-19;/h7-8,15H,2-6H2,1H3,(H,21,22);1H. The predicted molar refractivity (Wildman–Crippen MR) is 88.8 cm³/mol. The van der Waals surface area contributed by atoms with E-state index in [4.69, 9.17) is 5.11 Å². The van der Waals surface area contributed by atoms with Crippen LogP contribution in [-0.2, 0) is 6.54 Å². The third kappa shape index (κ3) is 3.13. The van der Waals surface area contributed by atoms with Crippen molar-refractivity contribution in [3.05, 3.63) is 28.2 Å². The molecule has 0 aromatic carbocycles. The Morgan fingerprint density at radius 1 is 1.39 bits per heavy atom. The number of pyridine rings is 1. The van der Waals surface area contributed by atoms with Crippen LogP contribution in [0.1, 0.15) is 17.3 Å². The molecule has 0 bridgehead atoms. The molecule has 1 saturated heterocycles. The van der Waals surface area contributed by atoms with Crippen molar-refractivity contribution in [3.8, 4) is 0 Å². The Balaban J connectivity index is 0.00000192. The topological polar surface area (TPSA) is 100 Å². The van der Waals surface area contributed by atoms with Crippen LogP contribution in [0, 0.1) is 0 Å². The van der Waals surface area contributed by atoms with Gasteiger partial charge < -0.3 is 19.9 Å². The predicted octanol–water partition coefficient (Wildman–Crippen LogP) is 0.341. The largest absolute Gasteiger partial charge is 0.477 e. The van der Waals surface area contributed by atoms with E-state index >= 15 is 0 Å². The fourth-order valence-electron chi connectivity index (χ4n) is 2.57. The fourth-order valence-corrected chi connectivity index (χ4v) is 2.57. The molecular formula is C14H18ClN5O3. The van der Waals surface area contributed by atoms with Crippen LogP contribution in [0.5, 0.6) is 0 Å². The molecule has 3 heterocycles. The van der Waals surface area contributed by atoms with Crippen LogP contribution in [0.3, 0.4) is 0 Å². The normalized spacial score (nSPS) is 14.6. The van der Waals surface area contributed by atoms with Crippen molar-refractivity contribution in [2.75, 3.05) is 31.1 Å². The number of nitrogens with one attached hydrogen (secondary N) is 1. The van der Waals surface area contributed by atoms with E-state index in [2.05, 4.69) is 15.3 Å². The second-order valence-corrected chi connectivity index (χ2v) is 5.11. The smallest absolute Gasteiger partial charge is 0.341 e. The Morgan fingerprint density at radius 2 is 2.09 bits per heavy atom. The molecule has 0 aliphatic carbocycles. The lowest BCUT2D eigenvalue weighted by molar-refractivity contribution is 0.0695. The molecule has 8 nitrogen and oxygen atoms in total. The highest BCUT2D eigenvalue weighted by atomic mass is 35.5. The van der Waals surface area contributed by atoms with Crippen LogP contribution in [0.15, 0.2) is 17.2 Å². The number of fused-ring (bicyclic) bond motifs is 1. The van der Waals surface area contributed by atoms with Gasteiger partial charge in [0.05, 0.1) is 5.39 Å². The first-order valence-corrected chi connectivity index (χ1v) is 7.21. The summed E-state index contributed by atoms with van der Waals surface area (Å²) >= 11 is 0. The van der Waals surface area contributed by atoms with Crippen LogP contribution in [0.4, 0.5) is 5.95 Å². The van der Waals surface area contributed by atoms with Gasteiger partial charge in [0.1, 0.15) is 11.2 Å². The molecule has 1 aliphatic rings. The number of carboxylic acids is 1. The lowest BCUT2D eigenvalue weighted by Gasteiger charge is -2.27. The molecule has 0 amide bonds. The molecular weight excluding hydrogens is 322 g/mol. The fraction of sp³-hybridized carbons (Fsp3) is 0.429. The Morgan fingerprint density at radius 3 is 2.70 bits per heavy atom. The van der Waals surface area contributed by atoms with Crippen LogP contribution in [0.2, 0.25) is 0 Å². The number of halogens is 1. The summed E-state index contributed by atoms with van der Waals surface area (Å²) in [7, 11) is 0. The molecule has 2 N–H and O–H groups in total. The number of aryl methyl sites for hydroxylation is 1. The van der Waals surface area contributed by atoms with Gasteiger partial charge in [0.2, 0.25) is 11.4 Å². The summed E-state index contributed by atoms with van der Waals surface area (Å²) in [6, 6.07) is 0. The molecule has 1 fully saturated rings. The highest BCUT2D eigenvalue weighted by Crippen LogP contribution is 2.14. The summed E-state index contributed by atoms with van der Waals surface area (Å²) in [5.74, 6) is -0.668. The lowest BCUT2D eigenvalue weighted by atomic mass is 10.2. The van der Waals surface area contributed by atoms with Crippen LogP contribution < -0.4 is 15.6 Å². The van der Waals surface area contributed by atoms with Gasteiger partial charge in [0.15, 0.2) is 0 Å². The molecule has 3 rings (SSSR count). The minimum absolute atomic E-state index is 0. The Hall–Kier alpha value is -2.19. The number of piperazine rings is 1. The van der Waals surface area contributed by atoms with Gasteiger partial charge >= 0.3 is 5.97 Å². The number of anilines is 1. The zero-order chi connectivity index (χ0) is 15.7. The Bertz CT molecular complexity index is 786. The highest BCUT2D eigenvalue weighted by Gasteiger charge is 2.18. The highest BCUT2D eigenvalue weighted by molar-refractivity contribution is 5.91. The van der Waals surface area contributed by atoms with Crippen LogP contribution in [0.25, 0.3) is 11.0 Å². The number of carbonyl (C=O) groups is 1. The van der Waals surface area contributed by atoms with E-state index in [1.807, 2.05) is 11.8 Å². The molecule has 23 heavy (non-hydrogen) atoms. The Labute approximate surface area is 138 Å². The summed E-state index contributed by atoms with van der Waals surface area (Å²) in [5.41, 5.74) is -0.326. The van der Waals surface area contributed by atoms with Gasteiger partial charge in [-0.05, 0) is 6.92 Å². The third-order valence-corrected chi connectivity index (χ3v) is 3.77. The number of aromatic carboxylic acids is 1. The zero-order valence-corrected chi connectivity index (χ0v) is 13.5.